The fourth-order valence-corrected chi connectivity index (χ4v) is 3.20. The molecule has 0 aromatic heterocycles. The maximum Gasteiger partial charge on any atom is 0.296 e. The molecular formula is C20H31N3O10S. The van der Waals surface area contributed by atoms with E-state index in [9.17, 15) is 32.1 Å². The topological polar surface area (TPSA) is 211 Å². The van der Waals surface area contributed by atoms with Crippen molar-refractivity contribution in [1.82, 2.24) is 4.90 Å². The Hall–Kier alpha value is -2.75. The van der Waals surface area contributed by atoms with Crippen molar-refractivity contribution in [3.05, 3.63) is 18.2 Å². The largest absolute Gasteiger partial charge is 0.395 e. The molecule has 1 aromatic rings. The van der Waals surface area contributed by atoms with E-state index in [0.717, 1.165) is 12.1 Å². The Balaban J connectivity index is 0.000000916. The zero-order valence-corrected chi connectivity index (χ0v) is 19.8. The second-order valence-electron chi connectivity index (χ2n) is 7.05. The van der Waals surface area contributed by atoms with Crippen molar-refractivity contribution in [2.24, 2.45) is 0 Å². The van der Waals surface area contributed by atoms with Crippen LogP contribution in [-0.2, 0) is 29.3 Å². The normalized spacial score (nSPS) is 10.8. The van der Waals surface area contributed by atoms with Crippen LogP contribution in [0.4, 0.5) is 11.4 Å². The average molecular weight is 506 g/mol. The zero-order valence-electron chi connectivity index (χ0n) is 19.0. The maximum absolute atomic E-state index is 11.6. The highest BCUT2D eigenvalue weighted by molar-refractivity contribution is 7.86. The lowest BCUT2D eigenvalue weighted by Crippen LogP contribution is -2.32. The standard InChI is InChI=1S/C14H16N2O7S.C6H15NO3/c1-8(17)5-13(19)15-10-3-4-11(12(7-10)24(21,22)23)16-14(20)6-9(2)18;8-4-1-7(2-5-9)3-6-10/h3-4,7H,5-6H2,1-2H3,(H,15,19)(H,16,20)(H,21,22,23);8-10H,1-6H2. The van der Waals surface area contributed by atoms with Crippen molar-refractivity contribution < 1.29 is 47.5 Å². The van der Waals surface area contributed by atoms with Crippen LogP contribution in [0.15, 0.2) is 23.1 Å². The second-order valence-corrected chi connectivity index (χ2v) is 8.44. The van der Waals surface area contributed by atoms with Gasteiger partial charge in [-0.15, -0.1) is 0 Å². The quantitative estimate of drug-likeness (QED) is 0.142. The van der Waals surface area contributed by atoms with Crippen molar-refractivity contribution in [2.75, 3.05) is 50.1 Å². The van der Waals surface area contributed by atoms with Gasteiger partial charge in [0, 0.05) is 25.3 Å². The predicted molar refractivity (Wildman–Crippen MR) is 122 cm³/mol. The van der Waals surface area contributed by atoms with Crippen LogP contribution >= 0.6 is 0 Å². The number of hydrogen-bond donors (Lipinski definition) is 6. The first-order valence-electron chi connectivity index (χ1n) is 10.1. The number of aliphatic hydroxyl groups is 3. The van der Waals surface area contributed by atoms with Gasteiger partial charge in [0.15, 0.2) is 0 Å². The molecule has 2 amide bonds. The summed E-state index contributed by atoms with van der Waals surface area (Å²) in [6, 6.07) is 3.34. The van der Waals surface area contributed by atoms with E-state index in [1.165, 1.54) is 19.9 Å². The summed E-state index contributed by atoms with van der Waals surface area (Å²) in [4.78, 5) is 46.0. The summed E-state index contributed by atoms with van der Waals surface area (Å²) >= 11 is 0. The van der Waals surface area contributed by atoms with Crippen molar-refractivity contribution in [2.45, 2.75) is 31.6 Å². The summed E-state index contributed by atoms with van der Waals surface area (Å²) in [6.07, 6.45) is -0.847. The van der Waals surface area contributed by atoms with Gasteiger partial charge < -0.3 is 26.0 Å². The number of ketones is 2. The number of Topliss-reactive ketones (excluding diaryl/α,β-unsaturated/α-hetero) is 2. The molecule has 1 aromatic carbocycles. The van der Waals surface area contributed by atoms with E-state index in [0.29, 0.717) is 19.6 Å². The molecule has 0 fully saturated rings. The Morgan fingerprint density at radius 2 is 1.26 bits per heavy atom. The molecule has 0 saturated heterocycles. The van der Waals surface area contributed by atoms with Gasteiger partial charge in [-0.2, -0.15) is 8.42 Å². The Morgan fingerprint density at radius 3 is 1.65 bits per heavy atom. The highest BCUT2D eigenvalue weighted by Crippen LogP contribution is 2.25. The molecule has 0 atom stereocenters. The van der Waals surface area contributed by atoms with Crippen LogP contribution in [0.25, 0.3) is 0 Å². The van der Waals surface area contributed by atoms with Gasteiger partial charge >= 0.3 is 0 Å². The number of benzene rings is 1. The lowest BCUT2D eigenvalue weighted by atomic mass is 10.2. The summed E-state index contributed by atoms with van der Waals surface area (Å²) in [5, 5.41) is 29.9. The van der Waals surface area contributed by atoms with Gasteiger partial charge in [0.25, 0.3) is 10.1 Å². The molecule has 0 aliphatic rings. The smallest absolute Gasteiger partial charge is 0.296 e. The Bertz CT molecular complexity index is 936. The molecule has 0 saturated carbocycles. The van der Waals surface area contributed by atoms with E-state index in [-0.39, 0.29) is 37.0 Å². The Kier molecular flexibility index (Phi) is 14.7. The van der Waals surface area contributed by atoms with Crippen LogP contribution in [0.5, 0.6) is 0 Å². The number of aliphatic hydroxyl groups excluding tert-OH is 3. The number of hydrogen-bond acceptors (Lipinski definition) is 10. The van der Waals surface area contributed by atoms with Crippen molar-refractivity contribution in [3.8, 4) is 0 Å². The molecule has 0 spiro atoms. The molecule has 0 unspecified atom stereocenters. The highest BCUT2D eigenvalue weighted by Gasteiger charge is 2.19. The second kappa shape index (κ2) is 16.0. The predicted octanol–water partition coefficient (Wildman–Crippen LogP) is -0.966. The van der Waals surface area contributed by atoms with Gasteiger partial charge in [-0.1, -0.05) is 0 Å². The summed E-state index contributed by atoms with van der Waals surface area (Å²) in [7, 11) is -4.71. The van der Waals surface area contributed by atoms with Crippen LogP contribution in [0.1, 0.15) is 26.7 Å². The number of carbonyl (C=O) groups is 4. The lowest BCUT2D eigenvalue weighted by Gasteiger charge is -2.17. The molecule has 0 bridgehead atoms. The zero-order chi connectivity index (χ0) is 26.3. The third kappa shape index (κ3) is 13.7. The fourth-order valence-electron chi connectivity index (χ4n) is 2.53. The number of amides is 2. The fraction of sp³-hybridized carbons (Fsp3) is 0.500. The van der Waals surface area contributed by atoms with Gasteiger partial charge in [0.2, 0.25) is 11.8 Å². The minimum Gasteiger partial charge on any atom is -0.395 e. The maximum atomic E-state index is 11.6. The summed E-state index contributed by atoms with van der Waals surface area (Å²) in [5.41, 5.74) is -0.230. The van der Waals surface area contributed by atoms with E-state index < -0.39 is 45.5 Å². The van der Waals surface area contributed by atoms with Crippen molar-refractivity contribution in [1.29, 1.82) is 0 Å². The molecule has 192 valence electrons. The first-order valence-corrected chi connectivity index (χ1v) is 11.5. The highest BCUT2D eigenvalue weighted by atomic mass is 32.2. The van der Waals surface area contributed by atoms with Crippen molar-refractivity contribution >= 4 is 44.9 Å². The molecule has 0 heterocycles. The van der Waals surface area contributed by atoms with Gasteiger partial charge in [-0.05, 0) is 32.0 Å². The molecular weight excluding hydrogens is 474 g/mol. The summed E-state index contributed by atoms with van der Waals surface area (Å²) in [6.45, 7) is 4.16. The number of rotatable bonds is 13. The van der Waals surface area contributed by atoms with Crippen LogP contribution < -0.4 is 10.6 Å². The van der Waals surface area contributed by atoms with E-state index in [1.807, 2.05) is 0 Å². The molecule has 14 heteroatoms. The molecule has 0 aliphatic heterocycles. The summed E-state index contributed by atoms with van der Waals surface area (Å²) < 4.78 is 32.1. The molecule has 6 N–H and O–H groups in total. The third-order valence-electron chi connectivity index (χ3n) is 3.89. The van der Waals surface area contributed by atoms with Crippen LogP contribution in [0, 0.1) is 0 Å². The molecule has 0 aliphatic carbocycles. The minimum absolute atomic E-state index is 0.0124. The minimum atomic E-state index is -4.71. The molecule has 13 nitrogen and oxygen atoms in total. The van der Waals surface area contributed by atoms with E-state index >= 15 is 0 Å². The van der Waals surface area contributed by atoms with Gasteiger partial charge in [0.05, 0.1) is 38.3 Å². The van der Waals surface area contributed by atoms with Crippen molar-refractivity contribution in [3.63, 3.8) is 0 Å². The Morgan fingerprint density at radius 1 is 0.824 bits per heavy atom. The molecule has 0 radical (unpaired) electrons. The van der Waals surface area contributed by atoms with Gasteiger partial charge in [0.1, 0.15) is 16.5 Å². The Labute approximate surface area is 197 Å². The first-order chi connectivity index (χ1) is 15.8. The van der Waals surface area contributed by atoms with E-state index in [1.54, 1.807) is 4.90 Å². The number of nitrogens with zero attached hydrogens (tertiary/aromatic N) is 1. The number of nitrogens with one attached hydrogen (secondary N) is 2. The third-order valence-corrected chi connectivity index (χ3v) is 4.78. The van der Waals surface area contributed by atoms with Gasteiger partial charge in [-0.3, -0.25) is 28.6 Å². The van der Waals surface area contributed by atoms with E-state index in [2.05, 4.69) is 10.6 Å². The van der Waals surface area contributed by atoms with Crippen LogP contribution in [0.2, 0.25) is 0 Å². The van der Waals surface area contributed by atoms with Crippen LogP contribution in [-0.4, -0.2) is 96.0 Å². The lowest BCUT2D eigenvalue weighted by molar-refractivity contribution is -0.125. The van der Waals surface area contributed by atoms with Gasteiger partial charge in [-0.25, -0.2) is 0 Å². The summed E-state index contributed by atoms with van der Waals surface area (Å²) in [5.74, 6) is -2.21. The SMILES string of the molecule is CC(=O)CC(=O)Nc1ccc(NC(=O)CC(C)=O)c(S(=O)(=O)O)c1.OCCN(CCO)CCO. The average Bonchev–Trinajstić information content (AvgIpc) is 2.68. The molecule has 1 rings (SSSR count). The monoisotopic (exact) mass is 505 g/mol. The number of carbonyl (C=O) groups excluding carboxylic acids is 4. The molecule has 34 heavy (non-hydrogen) atoms. The number of anilines is 2. The van der Waals surface area contributed by atoms with Crippen LogP contribution in [0.3, 0.4) is 0 Å². The van der Waals surface area contributed by atoms with E-state index in [4.69, 9.17) is 15.3 Å². The first kappa shape index (κ1) is 31.2.